The minimum Gasteiger partial charge on any atom is -0.489 e. The number of aliphatic hydroxyl groups excluding tert-OH is 1. The van der Waals surface area contributed by atoms with Crippen LogP contribution in [0, 0.1) is 0 Å². The van der Waals surface area contributed by atoms with Crippen LogP contribution in [0.25, 0.3) is 11.1 Å². The number of β-lactam (4-membered cyclic amide) rings is 1. The fraction of sp³-hybridized carbons (Fsp3) is 0.114. The fourth-order valence-corrected chi connectivity index (χ4v) is 4.97. The molecule has 5 aromatic carbocycles. The van der Waals surface area contributed by atoms with Crippen molar-refractivity contribution in [2.24, 2.45) is 0 Å². The summed E-state index contributed by atoms with van der Waals surface area (Å²) in [4.78, 5) is 14.6. The summed E-state index contributed by atoms with van der Waals surface area (Å²) in [6, 6.07) is 42.8. The molecule has 40 heavy (non-hydrogen) atoms. The number of anilines is 1. The summed E-state index contributed by atoms with van der Waals surface area (Å²) in [5, 5.41) is 10.8. The number of carbonyl (C=O) groups excluding carboxylic acids is 1. The maximum absolute atomic E-state index is 12.9. The van der Waals surface area contributed by atoms with Crippen LogP contribution in [-0.4, -0.2) is 17.1 Å². The first-order chi connectivity index (χ1) is 19.7. The van der Waals surface area contributed by atoms with Crippen molar-refractivity contribution in [2.45, 2.75) is 25.4 Å². The summed E-state index contributed by atoms with van der Waals surface area (Å²) in [5.74, 6) is 0.877. The number of aliphatic hydroxyl groups is 1. The lowest BCUT2D eigenvalue weighted by Gasteiger charge is -2.45. The highest BCUT2D eigenvalue weighted by atomic mass is 16.5. The minimum absolute atomic E-state index is 0.337. The van der Waals surface area contributed by atoms with Crippen molar-refractivity contribution in [3.05, 3.63) is 150 Å². The molecule has 0 spiro atoms. The zero-order chi connectivity index (χ0) is 27.3. The van der Waals surface area contributed by atoms with Crippen molar-refractivity contribution >= 4 is 11.6 Å². The zero-order valence-corrected chi connectivity index (χ0v) is 21.9. The maximum Gasteiger partial charge on any atom is 0.259 e. The third kappa shape index (κ3) is 5.33. The SMILES string of the molecule is O=C1[C@@H](O)[C@@H](c2ccc(OCc3ccccc3)cc2OCc2ccccc2)N1c1ccc(-c2ccccc2)cc1. The Labute approximate surface area is 233 Å². The highest BCUT2D eigenvalue weighted by Gasteiger charge is 2.49. The van der Waals surface area contributed by atoms with Crippen LogP contribution in [0.4, 0.5) is 5.69 Å². The van der Waals surface area contributed by atoms with Gasteiger partial charge in [0.2, 0.25) is 0 Å². The summed E-state index contributed by atoms with van der Waals surface area (Å²) in [7, 11) is 0. The van der Waals surface area contributed by atoms with Gasteiger partial charge in [0.05, 0.1) is 0 Å². The molecule has 1 heterocycles. The lowest BCUT2D eigenvalue weighted by Crippen LogP contribution is -2.59. The predicted molar refractivity (Wildman–Crippen MR) is 156 cm³/mol. The van der Waals surface area contributed by atoms with E-state index in [4.69, 9.17) is 9.47 Å². The molecule has 1 amide bonds. The third-order valence-electron chi connectivity index (χ3n) is 7.11. The van der Waals surface area contributed by atoms with Crippen molar-refractivity contribution in [3.8, 4) is 22.6 Å². The molecule has 2 atom stereocenters. The first-order valence-electron chi connectivity index (χ1n) is 13.3. The molecule has 0 aromatic heterocycles. The zero-order valence-electron chi connectivity index (χ0n) is 21.9. The van der Waals surface area contributed by atoms with Gasteiger partial charge in [0.25, 0.3) is 5.91 Å². The average molecular weight is 528 g/mol. The van der Waals surface area contributed by atoms with Gasteiger partial charge in [0.15, 0.2) is 6.10 Å². The molecule has 0 bridgehead atoms. The van der Waals surface area contributed by atoms with Gasteiger partial charge >= 0.3 is 0 Å². The van der Waals surface area contributed by atoms with Crippen LogP contribution in [0.1, 0.15) is 22.7 Å². The van der Waals surface area contributed by atoms with Gasteiger partial charge in [-0.25, -0.2) is 0 Å². The number of nitrogens with zero attached hydrogens (tertiary/aromatic N) is 1. The molecule has 0 saturated carbocycles. The molecule has 1 N–H and O–H groups in total. The number of rotatable bonds is 9. The van der Waals surface area contributed by atoms with Crippen LogP contribution in [0.5, 0.6) is 11.5 Å². The van der Waals surface area contributed by atoms with Gasteiger partial charge in [-0.3, -0.25) is 9.69 Å². The standard InChI is InChI=1S/C35H29NO4/c37-34-33(36(35(34)38)29-18-16-28(17-19-29)27-14-8-3-9-15-27)31-21-20-30(39-23-25-10-4-1-5-11-25)22-32(31)40-24-26-12-6-2-7-13-26/h1-22,33-34,37H,23-24H2/t33-,34+/m1/s1. The number of carbonyl (C=O) groups is 1. The lowest BCUT2D eigenvalue weighted by molar-refractivity contribution is -0.137. The molecule has 198 valence electrons. The molecule has 1 saturated heterocycles. The largest absolute Gasteiger partial charge is 0.489 e. The van der Waals surface area contributed by atoms with E-state index in [0.29, 0.717) is 24.7 Å². The molecule has 1 fully saturated rings. The second kappa shape index (κ2) is 11.5. The fourth-order valence-electron chi connectivity index (χ4n) is 4.97. The normalized spacial score (nSPS) is 16.3. The molecule has 5 aromatic rings. The van der Waals surface area contributed by atoms with Crippen LogP contribution >= 0.6 is 0 Å². The molecular weight excluding hydrogens is 498 g/mol. The summed E-state index contributed by atoms with van der Waals surface area (Å²) in [6.45, 7) is 0.765. The van der Waals surface area contributed by atoms with Crippen molar-refractivity contribution in [3.63, 3.8) is 0 Å². The second-order valence-corrected chi connectivity index (χ2v) is 9.76. The van der Waals surface area contributed by atoms with Crippen LogP contribution in [0.15, 0.2) is 133 Å². The van der Waals surface area contributed by atoms with Gasteiger partial charge in [-0.15, -0.1) is 0 Å². The van der Waals surface area contributed by atoms with Crippen LogP contribution in [-0.2, 0) is 18.0 Å². The van der Waals surface area contributed by atoms with E-state index in [1.54, 1.807) is 4.90 Å². The summed E-state index contributed by atoms with van der Waals surface area (Å²) < 4.78 is 12.4. The molecular formula is C35H29NO4. The molecule has 0 unspecified atom stereocenters. The molecule has 1 aliphatic heterocycles. The Morgan fingerprint density at radius 3 is 1.80 bits per heavy atom. The molecule has 6 rings (SSSR count). The van der Waals surface area contributed by atoms with Crippen LogP contribution in [0.3, 0.4) is 0 Å². The van der Waals surface area contributed by atoms with Crippen molar-refractivity contribution in [1.29, 1.82) is 0 Å². The van der Waals surface area contributed by atoms with Crippen LogP contribution in [0.2, 0.25) is 0 Å². The quantitative estimate of drug-likeness (QED) is 0.211. The Morgan fingerprint density at radius 2 is 1.18 bits per heavy atom. The highest BCUT2D eigenvalue weighted by Crippen LogP contribution is 2.44. The van der Waals surface area contributed by atoms with Crippen LogP contribution < -0.4 is 14.4 Å². The molecule has 1 aliphatic rings. The number of benzene rings is 5. The predicted octanol–water partition coefficient (Wildman–Crippen LogP) is 6.96. The van der Waals surface area contributed by atoms with Gasteiger partial charge in [-0.1, -0.05) is 103 Å². The minimum atomic E-state index is -1.16. The Bertz CT molecular complexity index is 1570. The molecule has 0 radical (unpaired) electrons. The first-order valence-corrected chi connectivity index (χ1v) is 13.3. The second-order valence-electron chi connectivity index (χ2n) is 9.76. The third-order valence-corrected chi connectivity index (χ3v) is 7.11. The smallest absolute Gasteiger partial charge is 0.259 e. The number of hydrogen-bond donors (Lipinski definition) is 1. The lowest BCUT2D eigenvalue weighted by atomic mass is 9.89. The molecule has 5 heteroatoms. The summed E-state index contributed by atoms with van der Waals surface area (Å²) in [5.41, 5.74) is 5.68. The Morgan fingerprint density at radius 1 is 0.625 bits per heavy atom. The van der Waals surface area contributed by atoms with Gasteiger partial charge in [0, 0.05) is 17.3 Å². The van der Waals surface area contributed by atoms with E-state index in [2.05, 4.69) is 0 Å². The van der Waals surface area contributed by atoms with Gasteiger partial charge in [-0.05, 0) is 46.5 Å². The Hall–Kier alpha value is -4.87. The van der Waals surface area contributed by atoms with E-state index >= 15 is 0 Å². The topological polar surface area (TPSA) is 59.0 Å². The van der Waals surface area contributed by atoms with E-state index < -0.39 is 12.1 Å². The average Bonchev–Trinajstić information content (AvgIpc) is 3.03. The van der Waals surface area contributed by atoms with Crippen molar-refractivity contribution < 1.29 is 19.4 Å². The first kappa shape index (κ1) is 25.4. The van der Waals surface area contributed by atoms with E-state index in [9.17, 15) is 9.90 Å². The van der Waals surface area contributed by atoms with E-state index in [-0.39, 0.29) is 5.91 Å². The highest BCUT2D eigenvalue weighted by molar-refractivity contribution is 6.05. The Kier molecular flexibility index (Phi) is 7.29. The van der Waals surface area contributed by atoms with E-state index in [1.807, 2.05) is 133 Å². The van der Waals surface area contributed by atoms with Crippen molar-refractivity contribution in [1.82, 2.24) is 0 Å². The van der Waals surface area contributed by atoms with Gasteiger partial charge in [-0.2, -0.15) is 0 Å². The monoisotopic (exact) mass is 527 g/mol. The number of hydrogen-bond acceptors (Lipinski definition) is 4. The van der Waals surface area contributed by atoms with Gasteiger partial charge < -0.3 is 14.6 Å². The summed E-state index contributed by atoms with van der Waals surface area (Å²) >= 11 is 0. The van der Waals surface area contributed by atoms with E-state index in [0.717, 1.165) is 33.5 Å². The van der Waals surface area contributed by atoms with Gasteiger partial charge in [0.1, 0.15) is 30.8 Å². The summed E-state index contributed by atoms with van der Waals surface area (Å²) in [6.07, 6.45) is -1.16. The van der Waals surface area contributed by atoms with Crippen molar-refractivity contribution in [2.75, 3.05) is 4.90 Å². The van der Waals surface area contributed by atoms with E-state index in [1.165, 1.54) is 0 Å². The number of amides is 1. The Balaban J connectivity index is 1.29. The maximum atomic E-state index is 12.9. The molecule has 5 nitrogen and oxygen atoms in total. The molecule has 0 aliphatic carbocycles. The number of ether oxygens (including phenoxy) is 2.